The summed E-state index contributed by atoms with van der Waals surface area (Å²) in [5.74, 6) is 0.0265. The fourth-order valence-corrected chi connectivity index (χ4v) is 5.08. The Balaban J connectivity index is 1.56. The van der Waals surface area contributed by atoms with E-state index >= 15 is 0 Å². The molecule has 1 atom stereocenters. The summed E-state index contributed by atoms with van der Waals surface area (Å²) in [5.41, 5.74) is 2.33. The van der Waals surface area contributed by atoms with Crippen LogP contribution in [0.1, 0.15) is 21.2 Å². The quantitative estimate of drug-likeness (QED) is 0.226. The third-order valence-electron chi connectivity index (χ3n) is 5.23. The van der Waals surface area contributed by atoms with Crippen molar-refractivity contribution in [3.63, 3.8) is 0 Å². The molecule has 182 valence electrons. The SMILES string of the molecule is COc1ccccc1NC(=O)C(Sc1cccc(NC(=O)c2ccc(Cl)cc2Cl)c1)c1ccccc1. The summed E-state index contributed by atoms with van der Waals surface area (Å²) in [4.78, 5) is 27.0. The highest BCUT2D eigenvalue weighted by molar-refractivity contribution is 8.00. The van der Waals surface area contributed by atoms with Gasteiger partial charge in [0.15, 0.2) is 0 Å². The average Bonchev–Trinajstić information content (AvgIpc) is 2.88. The van der Waals surface area contributed by atoms with Crippen LogP contribution in [0.4, 0.5) is 11.4 Å². The van der Waals surface area contributed by atoms with E-state index in [2.05, 4.69) is 10.6 Å². The van der Waals surface area contributed by atoms with Gasteiger partial charge in [-0.2, -0.15) is 0 Å². The molecule has 36 heavy (non-hydrogen) atoms. The minimum Gasteiger partial charge on any atom is -0.495 e. The molecular weight excluding hydrogens is 515 g/mol. The molecule has 0 saturated heterocycles. The monoisotopic (exact) mass is 536 g/mol. The number of hydrogen-bond acceptors (Lipinski definition) is 4. The molecule has 0 aliphatic heterocycles. The van der Waals surface area contributed by atoms with E-state index in [-0.39, 0.29) is 16.8 Å². The highest BCUT2D eigenvalue weighted by atomic mass is 35.5. The lowest BCUT2D eigenvalue weighted by Crippen LogP contribution is -2.19. The van der Waals surface area contributed by atoms with Crippen LogP contribution in [0.15, 0.2) is 102 Å². The number of benzene rings is 4. The first-order chi connectivity index (χ1) is 17.4. The zero-order valence-corrected chi connectivity index (χ0v) is 21.5. The summed E-state index contributed by atoms with van der Waals surface area (Å²) in [7, 11) is 1.56. The molecule has 2 amide bonds. The third-order valence-corrected chi connectivity index (χ3v) is 7.02. The van der Waals surface area contributed by atoms with Crippen LogP contribution in [0, 0.1) is 0 Å². The van der Waals surface area contributed by atoms with Crippen molar-refractivity contribution < 1.29 is 14.3 Å². The molecule has 0 radical (unpaired) electrons. The summed E-state index contributed by atoms with van der Waals surface area (Å²) in [6, 6.07) is 28.8. The van der Waals surface area contributed by atoms with E-state index in [4.69, 9.17) is 27.9 Å². The molecule has 0 fully saturated rings. The largest absolute Gasteiger partial charge is 0.495 e. The molecule has 4 rings (SSSR count). The van der Waals surface area contributed by atoms with E-state index in [9.17, 15) is 9.59 Å². The van der Waals surface area contributed by atoms with Gasteiger partial charge in [0.05, 0.1) is 23.4 Å². The molecular formula is C28H22Cl2N2O3S. The number of halogens is 2. The minimum atomic E-state index is -0.548. The van der Waals surface area contributed by atoms with E-state index in [1.165, 1.54) is 17.8 Å². The van der Waals surface area contributed by atoms with Crippen LogP contribution < -0.4 is 15.4 Å². The van der Waals surface area contributed by atoms with Gasteiger partial charge in [-0.3, -0.25) is 9.59 Å². The van der Waals surface area contributed by atoms with Crippen LogP contribution in [0.3, 0.4) is 0 Å². The topological polar surface area (TPSA) is 67.4 Å². The molecule has 4 aromatic rings. The first-order valence-electron chi connectivity index (χ1n) is 11.0. The number of anilines is 2. The lowest BCUT2D eigenvalue weighted by atomic mass is 10.1. The normalized spacial score (nSPS) is 11.4. The molecule has 0 aliphatic rings. The summed E-state index contributed by atoms with van der Waals surface area (Å²) in [6.45, 7) is 0. The zero-order chi connectivity index (χ0) is 25.5. The Kier molecular flexibility index (Phi) is 8.54. The number of hydrogen-bond donors (Lipinski definition) is 2. The number of rotatable bonds is 8. The molecule has 0 saturated carbocycles. The van der Waals surface area contributed by atoms with Crippen LogP contribution in [-0.4, -0.2) is 18.9 Å². The van der Waals surface area contributed by atoms with Gasteiger partial charge in [0.2, 0.25) is 5.91 Å². The zero-order valence-electron chi connectivity index (χ0n) is 19.2. The lowest BCUT2D eigenvalue weighted by Gasteiger charge is -2.18. The Hall–Kier alpha value is -3.45. The maximum Gasteiger partial charge on any atom is 0.257 e. The second-order valence-electron chi connectivity index (χ2n) is 7.70. The Morgan fingerprint density at radius 1 is 0.833 bits per heavy atom. The molecule has 0 aromatic heterocycles. The maximum absolute atomic E-state index is 13.4. The van der Waals surface area contributed by atoms with E-state index in [0.717, 1.165) is 10.5 Å². The first-order valence-corrected chi connectivity index (χ1v) is 12.6. The molecule has 2 N–H and O–H groups in total. The fraction of sp³-hybridized carbons (Fsp3) is 0.0714. The molecule has 0 heterocycles. The van der Waals surface area contributed by atoms with Crippen LogP contribution >= 0.6 is 35.0 Å². The van der Waals surface area contributed by atoms with Crippen molar-refractivity contribution >= 4 is 58.2 Å². The van der Waals surface area contributed by atoms with Gasteiger partial charge in [-0.15, -0.1) is 11.8 Å². The molecule has 5 nitrogen and oxygen atoms in total. The highest BCUT2D eigenvalue weighted by Crippen LogP contribution is 2.38. The average molecular weight is 537 g/mol. The van der Waals surface area contributed by atoms with Gasteiger partial charge in [0, 0.05) is 15.6 Å². The maximum atomic E-state index is 13.4. The molecule has 0 bridgehead atoms. The van der Waals surface area contributed by atoms with E-state index in [0.29, 0.717) is 27.7 Å². The minimum absolute atomic E-state index is 0.196. The van der Waals surface area contributed by atoms with Gasteiger partial charge in [0.25, 0.3) is 5.91 Å². The predicted octanol–water partition coefficient (Wildman–Crippen LogP) is 7.73. The van der Waals surface area contributed by atoms with Gasteiger partial charge >= 0.3 is 0 Å². The summed E-state index contributed by atoms with van der Waals surface area (Å²) >= 11 is 13.5. The highest BCUT2D eigenvalue weighted by Gasteiger charge is 2.23. The molecule has 8 heteroatoms. The number of carbonyl (C=O) groups excluding carboxylic acids is 2. The fourth-order valence-electron chi connectivity index (χ4n) is 3.50. The summed E-state index contributed by atoms with van der Waals surface area (Å²) in [6.07, 6.45) is 0. The number of nitrogens with one attached hydrogen (secondary N) is 2. The van der Waals surface area contributed by atoms with Gasteiger partial charge in [-0.1, -0.05) is 71.7 Å². The number of para-hydroxylation sites is 2. The Bertz CT molecular complexity index is 1380. The summed E-state index contributed by atoms with van der Waals surface area (Å²) < 4.78 is 5.38. The van der Waals surface area contributed by atoms with Crippen molar-refractivity contribution in [2.45, 2.75) is 10.1 Å². The standard InChI is InChI=1S/C28H22Cl2N2O3S/c1-35-25-13-6-5-12-24(25)32-28(34)26(18-8-3-2-4-9-18)36-21-11-7-10-20(17-21)31-27(33)22-15-14-19(29)16-23(22)30/h2-17,26H,1H3,(H,31,33)(H,32,34). The van der Waals surface area contributed by atoms with E-state index in [1.807, 2.05) is 60.7 Å². The van der Waals surface area contributed by atoms with Crippen LogP contribution in [0.25, 0.3) is 0 Å². The van der Waals surface area contributed by atoms with E-state index in [1.54, 1.807) is 37.4 Å². The smallest absolute Gasteiger partial charge is 0.257 e. The third kappa shape index (κ3) is 6.40. The second-order valence-corrected chi connectivity index (χ2v) is 9.73. The second kappa shape index (κ2) is 12.0. The van der Waals surface area contributed by atoms with Crippen LogP contribution in [0.5, 0.6) is 5.75 Å². The number of thioether (sulfide) groups is 1. The van der Waals surface area contributed by atoms with Gasteiger partial charge in [-0.25, -0.2) is 0 Å². The number of carbonyl (C=O) groups is 2. The van der Waals surface area contributed by atoms with Crippen molar-refractivity contribution in [2.75, 3.05) is 17.7 Å². The van der Waals surface area contributed by atoms with Crippen molar-refractivity contribution in [3.05, 3.63) is 118 Å². The molecule has 0 spiro atoms. The van der Waals surface area contributed by atoms with Gasteiger partial charge < -0.3 is 15.4 Å². The predicted molar refractivity (Wildman–Crippen MR) is 148 cm³/mol. The summed E-state index contributed by atoms with van der Waals surface area (Å²) in [5, 5.41) is 6.01. The van der Waals surface area contributed by atoms with Crippen LogP contribution in [-0.2, 0) is 4.79 Å². The Labute approximate surface area is 223 Å². The lowest BCUT2D eigenvalue weighted by molar-refractivity contribution is -0.115. The van der Waals surface area contributed by atoms with Crippen molar-refractivity contribution in [1.29, 1.82) is 0 Å². The number of amides is 2. The molecule has 1 unspecified atom stereocenters. The number of methoxy groups -OCH3 is 1. The van der Waals surface area contributed by atoms with E-state index < -0.39 is 5.25 Å². The van der Waals surface area contributed by atoms with Crippen molar-refractivity contribution in [3.8, 4) is 5.75 Å². The Morgan fingerprint density at radius 2 is 1.58 bits per heavy atom. The van der Waals surface area contributed by atoms with Gasteiger partial charge in [-0.05, 0) is 54.1 Å². The molecule has 4 aromatic carbocycles. The van der Waals surface area contributed by atoms with Gasteiger partial charge in [0.1, 0.15) is 11.0 Å². The van der Waals surface area contributed by atoms with Crippen molar-refractivity contribution in [1.82, 2.24) is 0 Å². The number of ether oxygens (including phenoxy) is 1. The van der Waals surface area contributed by atoms with Crippen LogP contribution in [0.2, 0.25) is 10.0 Å². The van der Waals surface area contributed by atoms with Crippen molar-refractivity contribution in [2.24, 2.45) is 0 Å². The molecule has 0 aliphatic carbocycles. The first kappa shape index (κ1) is 25.6. The Morgan fingerprint density at radius 3 is 2.33 bits per heavy atom.